The molecule has 36 heavy (non-hydrogen) atoms. The van der Waals surface area contributed by atoms with E-state index in [1.165, 1.54) is 21.2 Å². The van der Waals surface area contributed by atoms with Gasteiger partial charge in [0.2, 0.25) is 0 Å². The Kier molecular flexibility index (Phi) is 8.63. The molecule has 1 saturated carbocycles. The predicted molar refractivity (Wildman–Crippen MR) is 156 cm³/mol. The molecule has 5 rings (SSSR count). The van der Waals surface area contributed by atoms with Gasteiger partial charge in [0.15, 0.2) is 0 Å². The van der Waals surface area contributed by atoms with Crippen molar-refractivity contribution in [2.45, 2.75) is 24.6 Å². The molecule has 0 radical (unpaired) electrons. The molecular formula is C32H34O2P2. The second-order valence-electron chi connectivity index (χ2n) is 9.53. The smallest absolute Gasteiger partial charge is 0.0578 e. The molecule has 2 N–H and O–H groups in total. The first kappa shape index (κ1) is 25.3. The van der Waals surface area contributed by atoms with Gasteiger partial charge >= 0.3 is 0 Å². The Morgan fingerprint density at radius 1 is 0.583 bits per heavy atom. The van der Waals surface area contributed by atoms with Crippen molar-refractivity contribution >= 4 is 37.1 Å². The maximum atomic E-state index is 11.4. The van der Waals surface area contributed by atoms with Gasteiger partial charge < -0.3 is 10.2 Å². The van der Waals surface area contributed by atoms with Crippen molar-refractivity contribution in [3.8, 4) is 0 Å². The first-order valence-electron chi connectivity index (χ1n) is 12.8. The minimum absolute atomic E-state index is 0.106. The molecule has 1 aliphatic carbocycles. The molecule has 4 aromatic carbocycles. The quantitative estimate of drug-likeness (QED) is 0.310. The SMILES string of the molecule is OCC[C@H]1[C@@H](CP(c2ccccc2)c2ccccc2)[C@@H](P(c2ccccc2)c2ccccc2)C[C@@H]1O. The molecule has 184 valence electrons. The lowest BCUT2D eigenvalue weighted by molar-refractivity contribution is 0.100. The van der Waals surface area contributed by atoms with Crippen LogP contribution in [0.4, 0.5) is 0 Å². The fourth-order valence-corrected chi connectivity index (χ4v) is 11.9. The van der Waals surface area contributed by atoms with Crippen LogP contribution >= 0.6 is 15.8 Å². The molecule has 4 atom stereocenters. The van der Waals surface area contributed by atoms with Crippen LogP contribution in [0.2, 0.25) is 0 Å². The van der Waals surface area contributed by atoms with Gasteiger partial charge in [0.25, 0.3) is 0 Å². The molecule has 0 aromatic heterocycles. The second kappa shape index (κ2) is 12.3. The molecule has 0 saturated heterocycles. The summed E-state index contributed by atoms with van der Waals surface area (Å²) in [7, 11) is -1.24. The van der Waals surface area contributed by atoms with E-state index in [-0.39, 0.29) is 18.6 Å². The van der Waals surface area contributed by atoms with Crippen LogP contribution in [0.1, 0.15) is 12.8 Å². The number of aliphatic hydroxyl groups is 2. The number of rotatable bonds is 9. The van der Waals surface area contributed by atoms with Gasteiger partial charge in [-0.3, -0.25) is 0 Å². The lowest BCUT2D eigenvalue weighted by Gasteiger charge is -2.35. The summed E-state index contributed by atoms with van der Waals surface area (Å²) < 4.78 is 0. The van der Waals surface area contributed by atoms with Crippen molar-refractivity contribution < 1.29 is 10.2 Å². The third kappa shape index (κ3) is 5.64. The highest BCUT2D eigenvalue weighted by atomic mass is 31.1. The molecular weight excluding hydrogens is 478 g/mol. The summed E-state index contributed by atoms with van der Waals surface area (Å²) >= 11 is 0. The highest BCUT2D eigenvalue weighted by Gasteiger charge is 2.46. The highest BCUT2D eigenvalue weighted by Crippen LogP contribution is 2.55. The van der Waals surface area contributed by atoms with E-state index >= 15 is 0 Å². The Morgan fingerprint density at radius 2 is 1.00 bits per heavy atom. The lowest BCUT2D eigenvalue weighted by atomic mass is 9.93. The van der Waals surface area contributed by atoms with Crippen LogP contribution in [0.3, 0.4) is 0 Å². The first-order chi connectivity index (χ1) is 17.8. The maximum absolute atomic E-state index is 11.4. The van der Waals surface area contributed by atoms with Crippen LogP contribution in [0, 0.1) is 11.8 Å². The maximum Gasteiger partial charge on any atom is 0.0578 e. The first-order valence-corrected chi connectivity index (χ1v) is 15.8. The summed E-state index contributed by atoms with van der Waals surface area (Å²) in [4.78, 5) is 0. The van der Waals surface area contributed by atoms with E-state index in [9.17, 15) is 10.2 Å². The molecule has 0 heterocycles. The van der Waals surface area contributed by atoms with Crippen LogP contribution in [0.25, 0.3) is 0 Å². The van der Waals surface area contributed by atoms with Crippen molar-refractivity contribution in [2.75, 3.05) is 12.8 Å². The number of hydrogen-bond donors (Lipinski definition) is 2. The Hall–Kier alpha value is -2.34. The molecule has 0 unspecified atom stereocenters. The minimum atomic E-state index is -0.655. The van der Waals surface area contributed by atoms with Crippen LogP contribution in [0.5, 0.6) is 0 Å². The van der Waals surface area contributed by atoms with E-state index in [0.29, 0.717) is 18.0 Å². The standard InChI is InChI=1S/C32H34O2P2/c33-22-21-29-30(24-35(25-13-5-1-6-14-25)26-15-7-2-8-16-26)32(23-31(29)34)36(27-17-9-3-10-18-27)28-19-11-4-12-20-28/h1-20,29-34H,21-24H2/t29-,30+,31-,32-/m0/s1. The van der Waals surface area contributed by atoms with Crippen LogP contribution < -0.4 is 21.2 Å². The summed E-state index contributed by atoms with van der Waals surface area (Å²) in [5.74, 6) is 0.431. The van der Waals surface area contributed by atoms with Gasteiger partial charge in [-0.2, -0.15) is 0 Å². The van der Waals surface area contributed by atoms with Crippen LogP contribution in [-0.2, 0) is 0 Å². The largest absolute Gasteiger partial charge is 0.396 e. The fraction of sp³-hybridized carbons (Fsp3) is 0.250. The molecule has 0 bridgehead atoms. The lowest BCUT2D eigenvalue weighted by Crippen LogP contribution is -2.32. The normalized spacial score (nSPS) is 21.8. The second-order valence-corrected chi connectivity index (χ2v) is 14.2. The summed E-state index contributed by atoms with van der Waals surface area (Å²) in [5, 5.41) is 26.9. The van der Waals surface area contributed by atoms with E-state index in [1.54, 1.807) is 0 Å². The summed E-state index contributed by atoms with van der Waals surface area (Å²) in [5.41, 5.74) is 0.355. The Balaban J connectivity index is 1.58. The molecule has 1 aliphatic rings. The van der Waals surface area contributed by atoms with Gasteiger partial charge in [-0.05, 0) is 73.6 Å². The van der Waals surface area contributed by atoms with Gasteiger partial charge in [0.05, 0.1) is 6.10 Å². The highest BCUT2D eigenvalue weighted by molar-refractivity contribution is 7.74. The monoisotopic (exact) mass is 512 g/mol. The summed E-state index contributed by atoms with van der Waals surface area (Å²) in [6, 6.07) is 43.6. The Labute approximate surface area is 217 Å². The topological polar surface area (TPSA) is 40.5 Å². The minimum Gasteiger partial charge on any atom is -0.396 e. The zero-order valence-corrected chi connectivity index (χ0v) is 22.3. The molecule has 0 aliphatic heterocycles. The summed E-state index contributed by atoms with van der Waals surface area (Å²) in [6.07, 6.45) is 2.08. The van der Waals surface area contributed by atoms with Gasteiger partial charge in [0, 0.05) is 6.61 Å². The van der Waals surface area contributed by atoms with Gasteiger partial charge in [0.1, 0.15) is 0 Å². The van der Waals surface area contributed by atoms with Crippen LogP contribution in [-0.4, -0.2) is 34.7 Å². The number of hydrogen-bond acceptors (Lipinski definition) is 2. The van der Waals surface area contributed by atoms with Crippen molar-refractivity contribution in [3.63, 3.8) is 0 Å². The third-order valence-corrected chi connectivity index (χ3v) is 13.0. The van der Waals surface area contributed by atoms with E-state index in [4.69, 9.17) is 0 Å². The molecule has 1 fully saturated rings. The van der Waals surface area contributed by atoms with Gasteiger partial charge in [-0.15, -0.1) is 0 Å². The van der Waals surface area contributed by atoms with Gasteiger partial charge in [-0.1, -0.05) is 121 Å². The predicted octanol–water partition coefficient (Wildman–Crippen LogP) is 5.00. The Bertz CT molecular complexity index is 1110. The average molecular weight is 513 g/mol. The number of benzene rings is 4. The van der Waals surface area contributed by atoms with E-state index in [1.807, 2.05) is 0 Å². The molecule has 0 spiro atoms. The van der Waals surface area contributed by atoms with Crippen LogP contribution in [0.15, 0.2) is 121 Å². The molecule has 0 amide bonds. The van der Waals surface area contributed by atoms with Crippen molar-refractivity contribution in [2.24, 2.45) is 11.8 Å². The number of aliphatic hydroxyl groups excluding tert-OH is 2. The summed E-state index contributed by atoms with van der Waals surface area (Å²) in [6.45, 7) is 0.119. The van der Waals surface area contributed by atoms with E-state index in [2.05, 4.69) is 121 Å². The van der Waals surface area contributed by atoms with E-state index in [0.717, 1.165) is 12.6 Å². The third-order valence-electron chi connectivity index (χ3n) is 7.41. The van der Waals surface area contributed by atoms with Crippen molar-refractivity contribution in [3.05, 3.63) is 121 Å². The Morgan fingerprint density at radius 3 is 1.42 bits per heavy atom. The molecule has 4 aromatic rings. The zero-order valence-electron chi connectivity index (χ0n) is 20.5. The van der Waals surface area contributed by atoms with E-state index < -0.39 is 15.8 Å². The van der Waals surface area contributed by atoms with Crippen molar-refractivity contribution in [1.29, 1.82) is 0 Å². The zero-order chi connectivity index (χ0) is 24.7. The molecule has 4 heteroatoms. The average Bonchev–Trinajstić information content (AvgIpc) is 3.24. The van der Waals surface area contributed by atoms with Crippen molar-refractivity contribution in [1.82, 2.24) is 0 Å². The molecule has 2 nitrogen and oxygen atoms in total. The fourth-order valence-electron chi connectivity index (χ4n) is 5.77. The van der Waals surface area contributed by atoms with Gasteiger partial charge in [-0.25, -0.2) is 0 Å².